The molecule has 1 amide bonds. The van der Waals surface area contributed by atoms with Crippen molar-refractivity contribution >= 4 is 34.4 Å². The first-order valence-electron chi connectivity index (χ1n) is 3.53. The number of carbonyl (C=O) groups excluding carboxylic acids is 1. The van der Waals surface area contributed by atoms with Gasteiger partial charge in [-0.1, -0.05) is 18.7 Å². The van der Waals surface area contributed by atoms with Crippen molar-refractivity contribution in [3.8, 4) is 0 Å². The highest BCUT2D eigenvalue weighted by molar-refractivity contribution is 8.22. The Kier molecular flexibility index (Phi) is 5.83. The number of thiocarbonyl (C=S) groups is 1. The van der Waals surface area contributed by atoms with Crippen LogP contribution in [0.15, 0.2) is 0 Å². The zero-order valence-electron chi connectivity index (χ0n) is 7.07. The van der Waals surface area contributed by atoms with Crippen molar-refractivity contribution in [2.24, 2.45) is 5.73 Å². The van der Waals surface area contributed by atoms with Crippen LogP contribution >= 0.6 is 24.0 Å². The molecule has 0 fully saturated rings. The van der Waals surface area contributed by atoms with Gasteiger partial charge in [0.1, 0.15) is 0 Å². The molecule has 0 saturated heterocycles. The molecule has 0 aliphatic carbocycles. The molecule has 0 aromatic heterocycles. The van der Waals surface area contributed by atoms with Crippen LogP contribution in [-0.2, 0) is 4.84 Å². The first-order chi connectivity index (χ1) is 5.61. The zero-order chi connectivity index (χ0) is 9.56. The maximum Gasteiger partial charge on any atom is 0.429 e. The molecule has 2 N–H and O–H groups in total. The highest BCUT2D eigenvalue weighted by Crippen LogP contribution is 2.08. The number of hydroxylamine groups is 2. The van der Waals surface area contributed by atoms with E-state index in [0.29, 0.717) is 10.9 Å². The van der Waals surface area contributed by atoms with Gasteiger partial charge in [-0.15, -0.1) is 0 Å². The Bertz CT molecular complexity index is 175. The maximum atomic E-state index is 10.4. The summed E-state index contributed by atoms with van der Waals surface area (Å²) in [5.74, 6) is 0.845. The summed E-state index contributed by atoms with van der Waals surface area (Å²) in [5, 5.41) is 1.30. The smallest absolute Gasteiger partial charge is 0.333 e. The minimum atomic E-state index is -0.837. The van der Waals surface area contributed by atoms with Gasteiger partial charge in [-0.05, 0) is 24.9 Å². The second kappa shape index (κ2) is 6.07. The Hall–Kier alpha value is -0.490. The fraction of sp³-hybridized carbons (Fsp3) is 0.667. The number of nitrogens with two attached hydrogens (primary N) is 1. The van der Waals surface area contributed by atoms with E-state index in [1.165, 1.54) is 16.8 Å². The summed E-state index contributed by atoms with van der Waals surface area (Å²) in [6.45, 7) is 4.30. The van der Waals surface area contributed by atoms with E-state index in [1.54, 1.807) is 0 Å². The van der Waals surface area contributed by atoms with E-state index in [0.717, 1.165) is 5.75 Å². The molecule has 0 aliphatic rings. The first-order valence-corrected chi connectivity index (χ1v) is 4.92. The van der Waals surface area contributed by atoms with Crippen molar-refractivity contribution in [1.82, 2.24) is 5.06 Å². The van der Waals surface area contributed by atoms with Crippen molar-refractivity contribution in [2.75, 3.05) is 12.3 Å². The third-order valence-corrected chi connectivity index (χ3v) is 2.26. The number of nitrogens with zero attached hydrogens (tertiary/aromatic N) is 1. The summed E-state index contributed by atoms with van der Waals surface area (Å²) in [6.07, 6.45) is -0.837. The molecule has 0 radical (unpaired) electrons. The molecule has 4 nitrogen and oxygen atoms in total. The fourth-order valence-electron chi connectivity index (χ4n) is 0.535. The molecule has 0 saturated carbocycles. The van der Waals surface area contributed by atoms with E-state index in [4.69, 9.17) is 18.0 Å². The van der Waals surface area contributed by atoms with Gasteiger partial charge in [0.05, 0.1) is 6.54 Å². The molecule has 0 rings (SSSR count). The van der Waals surface area contributed by atoms with Crippen molar-refractivity contribution < 1.29 is 9.63 Å². The van der Waals surface area contributed by atoms with Crippen molar-refractivity contribution in [3.05, 3.63) is 0 Å². The van der Waals surface area contributed by atoms with Gasteiger partial charge < -0.3 is 10.6 Å². The van der Waals surface area contributed by atoms with E-state index >= 15 is 0 Å². The maximum absolute atomic E-state index is 10.4. The van der Waals surface area contributed by atoms with Crippen LogP contribution in [-0.4, -0.2) is 27.8 Å². The lowest BCUT2D eigenvalue weighted by molar-refractivity contribution is -0.0211. The number of carbonyl (C=O) groups is 1. The number of hydrogen-bond acceptors (Lipinski definition) is 4. The Morgan fingerprint density at radius 3 is 2.58 bits per heavy atom. The largest absolute Gasteiger partial charge is 0.429 e. The number of rotatable bonds is 2. The first kappa shape index (κ1) is 11.5. The highest BCUT2D eigenvalue weighted by atomic mass is 32.2. The molecule has 0 unspecified atom stereocenters. The molecular weight excluding hydrogens is 196 g/mol. The summed E-state index contributed by atoms with van der Waals surface area (Å²) in [7, 11) is 0. The standard InChI is InChI=1S/C6H12N2O2S2/c1-3-8(10-5(7)9)6(11)12-4-2/h3-4H2,1-2H3,(H2,7,9). The van der Waals surface area contributed by atoms with Gasteiger partial charge >= 0.3 is 6.09 Å². The summed E-state index contributed by atoms with van der Waals surface area (Å²) in [5.41, 5.74) is 4.83. The third kappa shape index (κ3) is 4.40. The predicted octanol–water partition coefficient (Wildman–Crippen LogP) is 1.36. The lowest BCUT2D eigenvalue weighted by atomic mass is 10.8. The van der Waals surface area contributed by atoms with Crippen molar-refractivity contribution in [3.63, 3.8) is 0 Å². The average molecular weight is 208 g/mol. The van der Waals surface area contributed by atoms with Crippen LogP contribution in [0.25, 0.3) is 0 Å². The lowest BCUT2D eigenvalue weighted by Gasteiger charge is -2.19. The average Bonchev–Trinajstić information content (AvgIpc) is 2.00. The fourth-order valence-corrected chi connectivity index (χ4v) is 1.61. The Balaban J connectivity index is 3.96. The molecule has 0 aromatic rings. The minimum Gasteiger partial charge on any atom is -0.333 e. The normalized spacial score (nSPS) is 9.17. The van der Waals surface area contributed by atoms with E-state index in [2.05, 4.69) is 4.84 Å². The van der Waals surface area contributed by atoms with Gasteiger partial charge in [0.25, 0.3) is 0 Å². The van der Waals surface area contributed by atoms with Gasteiger partial charge in [-0.25, -0.2) is 4.79 Å². The minimum absolute atomic E-state index is 0.509. The molecule has 6 heteroatoms. The molecule has 70 valence electrons. The molecule has 12 heavy (non-hydrogen) atoms. The Morgan fingerprint density at radius 1 is 1.67 bits per heavy atom. The third-order valence-electron chi connectivity index (χ3n) is 0.959. The lowest BCUT2D eigenvalue weighted by Crippen LogP contribution is -2.32. The molecule has 0 atom stereocenters. The quantitative estimate of drug-likeness (QED) is 0.548. The molecule has 0 spiro atoms. The summed E-state index contributed by atoms with van der Waals surface area (Å²) in [4.78, 5) is 15.0. The SMILES string of the molecule is CCSC(=S)N(CC)OC(N)=O. The Labute approximate surface area is 81.4 Å². The van der Waals surface area contributed by atoms with Crippen LogP contribution in [0.4, 0.5) is 4.79 Å². The molecule has 0 aromatic carbocycles. The van der Waals surface area contributed by atoms with E-state index < -0.39 is 6.09 Å². The van der Waals surface area contributed by atoms with Gasteiger partial charge in [0.15, 0.2) is 4.32 Å². The predicted molar refractivity (Wildman–Crippen MR) is 53.8 cm³/mol. The summed E-state index contributed by atoms with van der Waals surface area (Å²) < 4.78 is 0.527. The molecular formula is C6H12N2O2S2. The van der Waals surface area contributed by atoms with Crippen LogP contribution in [0.1, 0.15) is 13.8 Å². The summed E-state index contributed by atoms with van der Waals surface area (Å²) >= 11 is 6.38. The van der Waals surface area contributed by atoms with Crippen LogP contribution in [0.5, 0.6) is 0 Å². The number of thioether (sulfide) groups is 1. The van der Waals surface area contributed by atoms with Gasteiger partial charge in [-0.3, -0.25) is 0 Å². The van der Waals surface area contributed by atoms with Crippen LogP contribution < -0.4 is 5.73 Å². The van der Waals surface area contributed by atoms with Crippen molar-refractivity contribution in [2.45, 2.75) is 13.8 Å². The van der Waals surface area contributed by atoms with E-state index in [1.807, 2.05) is 13.8 Å². The Morgan fingerprint density at radius 2 is 2.25 bits per heavy atom. The number of amides is 1. The topological polar surface area (TPSA) is 55.6 Å². The monoisotopic (exact) mass is 208 g/mol. The zero-order valence-corrected chi connectivity index (χ0v) is 8.70. The second-order valence-corrected chi connectivity index (χ2v) is 3.70. The van der Waals surface area contributed by atoms with Crippen LogP contribution in [0.3, 0.4) is 0 Å². The number of hydrogen-bond donors (Lipinski definition) is 1. The molecule has 0 heterocycles. The molecule has 0 aliphatic heterocycles. The second-order valence-electron chi connectivity index (χ2n) is 1.80. The molecule has 0 bridgehead atoms. The van der Waals surface area contributed by atoms with E-state index in [9.17, 15) is 4.79 Å². The summed E-state index contributed by atoms with van der Waals surface area (Å²) in [6, 6.07) is 0. The van der Waals surface area contributed by atoms with Gasteiger partial charge in [0.2, 0.25) is 0 Å². The van der Waals surface area contributed by atoms with Gasteiger partial charge in [0, 0.05) is 0 Å². The van der Waals surface area contributed by atoms with E-state index in [-0.39, 0.29) is 0 Å². The highest BCUT2D eigenvalue weighted by Gasteiger charge is 2.10. The number of primary amides is 1. The van der Waals surface area contributed by atoms with Gasteiger partial charge in [-0.2, -0.15) is 5.06 Å². The van der Waals surface area contributed by atoms with Crippen LogP contribution in [0, 0.1) is 0 Å². The van der Waals surface area contributed by atoms with Crippen LogP contribution in [0.2, 0.25) is 0 Å². The van der Waals surface area contributed by atoms with Crippen molar-refractivity contribution in [1.29, 1.82) is 0 Å².